The van der Waals surface area contributed by atoms with Crippen molar-refractivity contribution in [1.82, 2.24) is 0 Å². The first-order valence-corrected chi connectivity index (χ1v) is 19.9. The number of fused-ring (bicyclic) bond motifs is 5. The average Bonchev–Trinajstić information content (AvgIpc) is 3.23. The highest BCUT2D eigenvalue weighted by molar-refractivity contribution is 6.74. The normalized spacial score (nSPS) is 42.7. The van der Waals surface area contributed by atoms with Crippen LogP contribution in [0.2, 0.25) is 18.1 Å². The summed E-state index contributed by atoms with van der Waals surface area (Å²) in [4.78, 5) is 11.6. The van der Waals surface area contributed by atoms with Gasteiger partial charge in [0, 0.05) is 6.08 Å². The van der Waals surface area contributed by atoms with Gasteiger partial charge in [0.2, 0.25) is 0 Å². The van der Waals surface area contributed by atoms with Crippen molar-refractivity contribution in [1.29, 1.82) is 0 Å². The Morgan fingerprint density at radius 2 is 1.68 bits per heavy atom. The molecular formula is C36H64O3Si. The molecule has 0 heterocycles. The van der Waals surface area contributed by atoms with Crippen molar-refractivity contribution >= 4 is 14.3 Å². The van der Waals surface area contributed by atoms with Gasteiger partial charge in [-0.1, -0.05) is 74.3 Å². The van der Waals surface area contributed by atoms with E-state index in [0.717, 1.165) is 42.4 Å². The Labute approximate surface area is 249 Å². The van der Waals surface area contributed by atoms with Gasteiger partial charge in [-0.15, -0.1) is 0 Å². The number of rotatable bonds is 8. The molecule has 0 saturated heterocycles. The van der Waals surface area contributed by atoms with Gasteiger partial charge < -0.3 is 9.16 Å². The molecule has 0 aromatic heterocycles. The molecule has 4 saturated carbocycles. The molecule has 11 atom stereocenters. The summed E-state index contributed by atoms with van der Waals surface area (Å²) in [5.74, 6) is 5.90. The van der Waals surface area contributed by atoms with E-state index in [2.05, 4.69) is 68.5 Å². The molecule has 3 unspecified atom stereocenters. The van der Waals surface area contributed by atoms with Crippen LogP contribution in [0.15, 0.2) is 12.2 Å². The Morgan fingerprint density at radius 3 is 2.30 bits per heavy atom. The molecule has 0 aromatic rings. The van der Waals surface area contributed by atoms with E-state index in [1.165, 1.54) is 58.5 Å². The van der Waals surface area contributed by atoms with Gasteiger partial charge in [-0.2, -0.15) is 0 Å². The standard InChI is InChI=1S/C36H64O3Si/c1-12-26-30-23-24(2)19-21-36(30,8)29-20-22-35(7)27(25(3)15-13-14-16-31(37)38-9)17-18-28(35)32(29)33(26)39-40(10,11)34(4,5)6/h14,16,24-30,32-33H,12-13,15,17-23H2,1-11H3/b16-14+/t24-,25-,26-,27-,28?,29?,30+,32?,33-,35-,36-/m1/s1. The molecule has 0 radical (unpaired) electrons. The SMILES string of the molecule is CC[C@H]1[C@@H](O[Si](C)(C)C(C)(C)C)C2C3CC[C@H]([C@H](C)CC/C=C/C(=O)OC)[C@@]3(C)CCC2[C@@]2(C)CC[C@@H](C)C[C@@H]12. The molecule has 4 aliphatic carbocycles. The van der Waals surface area contributed by atoms with Crippen LogP contribution in [0.1, 0.15) is 120 Å². The zero-order valence-corrected chi connectivity index (χ0v) is 29.1. The van der Waals surface area contributed by atoms with E-state index >= 15 is 0 Å². The molecular weight excluding hydrogens is 508 g/mol. The average molecular weight is 573 g/mol. The lowest BCUT2D eigenvalue weighted by molar-refractivity contribution is -0.194. The second-order valence-corrected chi connectivity index (χ2v) is 21.7. The van der Waals surface area contributed by atoms with Gasteiger partial charge >= 0.3 is 5.97 Å². The van der Waals surface area contributed by atoms with Crippen LogP contribution in [-0.4, -0.2) is 27.5 Å². The molecule has 40 heavy (non-hydrogen) atoms. The van der Waals surface area contributed by atoms with Crippen molar-refractivity contribution in [3.8, 4) is 0 Å². The lowest BCUT2D eigenvalue weighted by atomic mass is 9.41. The third-order valence-corrected chi connectivity index (χ3v) is 18.4. The van der Waals surface area contributed by atoms with Crippen LogP contribution < -0.4 is 0 Å². The number of carbonyl (C=O) groups excluding carboxylic acids is 1. The molecule has 4 aliphatic rings. The maximum Gasteiger partial charge on any atom is 0.330 e. The predicted molar refractivity (Wildman–Crippen MR) is 171 cm³/mol. The molecule has 0 amide bonds. The second-order valence-electron chi connectivity index (χ2n) is 16.9. The van der Waals surface area contributed by atoms with Crippen LogP contribution in [0.25, 0.3) is 0 Å². The maximum absolute atomic E-state index is 11.6. The summed E-state index contributed by atoms with van der Waals surface area (Å²) >= 11 is 0. The highest BCUT2D eigenvalue weighted by Crippen LogP contribution is 2.70. The van der Waals surface area contributed by atoms with Crippen molar-refractivity contribution in [2.24, 2.45) is 58.2 Å². The smallest absolute Gasteiger partial charge is 0.330 e. The number of esters is 1. The van der Waals surface area contributed by atoms with Crippen LogP contribution in [0.3, 0.4) is 0 Å². The largest absolute Gasteiger partial charge is 0.466 e. The van der Waals surface area contributed by atoms with Crippen molar-refractivity contribution in [3.05, 3.63) is 12.2 Å². The lowest BCUT2D eigenvalue weighted by Crippen LogP contribution is -2.64. The highest BCUT2D eigenvalue weighted by atomic mass is 28.4. The molecule has 0 aromatic carbocycles. The fourth-order valence-corrected chi connectivity index (χ4v) is 12.0. The summed E-state index contributed by atoms with van der Waals surface area (Å²) in [7, 11) is -0.455. The number of carbonyl (C=O) groups is 1. The van der Waals surface area contributed by atoms with Gasteiger partial charge in [0.1, 0.15) is 0 Å². The Hall–Kier alpha value is -0.613. The number of hydrogen-bond donors (Lipinski definition) is 0. The van der Waals surface area contributed by atoms with Crippen molar-refractivity contribution in [2.75, 3.05) is 7.11 Å². The van der Waals surface area contributed by atoms with E-state index in [1.807, 2.05) is 6.08 Å². The second kappa shape index (κ2) is 11.8. The van der Waals surface area contributed by atoms with Gasteiger partial charge in [-0.05, 0) is 128 Å². The molecule has 0 spiro atoms. The molecule has 0 N–H and O–H groups in total. The molecule has 0 aliphatic heterocycles. The van der Waals surface area contributed by atoms with Crippen LogP contribution in [0.5, 0.6) is 0 Å². The Bertz CT molecular complexity index is 919. The molecule has 4 heteroatoms. The third-order valence-electron chi connectivity index (χ3n) is 13.9. The zero-order chi connectivity index (χ0) is 29.7. The number of ether oxygens (including phenoxy) is 1. The van der Waals surface area contributed by atoms with Crippen molar-refractivity contribution in [2.45, 2.75) is 144 Å². The third kappa shape index (κ3) is 5.68. The molecule has 230 valence electrons. The van der Waals surface area contributed by atoms with E-state index < -0.39 is 8.32 Å². The van der Waals surface area contributed by atoms with Crippen molar-refractivity contribution in [3.63, 3.8) is 0 Å². The minimum Gasteiger partial charge on any atom is -0.466 e. The number of methoxy groups -OCH3 is 1. The van der Waals surface area contributed by atoms with Crippen molar-refractivity contribution < 1.29 is 14.0 Å². The van der Waals surface area contributed by atoms with Crippen LogP contribution in [0.4, 0.5) is 0 Å². The minimum absolute atomic E-state index is 0.238. The Morgan fingerprint density at radius 1 is 1.02 bits per heavy atom. The maximum atomic E-state index is 11.6. The minimum atomic E-state index is -1.91. The first kappa shape index (κ1) is 32.3. The van der Waals surface area contributed by atoms with E-state index in [0.29, 0.717) is 34.7 Å². The molecule has 3 nitrogen and oxygen atoms in total. The number of allylic oxidation sites excluding steroid dienone is 1. The van der Waals surface area contributed by atoms with Gasteiger partial charge in [0.05, 0.1) is 13.2 Å². The summed E-state index contributed by atoms with van der Waals surface area (Å²) in [5, 5.41) is 0.240. The summed E-state index contributed by atoms with van der Waals surface area (Å²) in [6.07, 6.45) is 17.3. The van der Waals surface area contributed by atoms with Crippen LogP contribution in [0, 0.1) is 58.2 Å². The van der Waals surface area contributed by atoms with Crippen LogP contribution >= 0.6 is 0 Å². The monoisotopic (exact) mass is 572 g/mol. The van der Waals surface area contributed by atoms with E-state index in [-0.39, 0.29) is 11.0 Å². The first-order chi connectivity index (χ1) is 18.6. The topological polar surface area (TPSA) is 35.5 Å². The Kier molecular flexibility index (Phi) is 9.54. The van der Waals surface area contributed by atoms with Gasteiger partial charge in [-0.3, -0.25) is 0 Å². The van der Waals surface area contributed by atoms with Gasteiger partial charge in [-0.25, -0.2) is 4.79 Å². The lowest BCUT2D eigenvalue weighted by Gasteiger charge is -2.66. The first-order valence-electron chi connectivity index (χ1n) is 17.0. The highest BCUT2D eigenvalue weighted by Gasteiger charge is 2.65. The summed E-state index contributed by atoms with van der Waals surface area (Å²) in [5.41, 5.74) is 0.889. The quantitative estimate of drug-likeness (QED) is 0.165. The summed E-state index contributed by atoms with van der Waals surface area (Å²) in [6.45, 7) is 25.2. The van der Waals surface area contributed by atoms with E-state index in [9.17, 15) is 4.79 Å². The Balaban J connectivity index is 1.66. The summed E-state index contributed by atoms with van der Waals surface area (Å²) < 4.78 is 12.5. The van der Waals surface area contributed by atoms with Crippen LogP contribution in [-0.2, 0) is 14.0 Å². The zero-order valence-electron chi connectivity index (χ0n) is 28.1. The summed E-state index contributed by atoms with van der Waals surface area (Å²) in [6, 6.07) is 0. The fourth-order valence-electron chi connectivity index (χ4n) is 10.6. The number of hydrogen-bond acceptors (Lipinski definition) is 3. The molecule has 4 fully saturated rings. The predicted octanol–water partition coefficient (Wildman–Crippen LogP) is 10.1. The molecule has 4 rings (SSSR count). The fraction of sp³-hybridized carbons (Fsp3) is 0.917. The van der Waals surface area contributed by atoms with Gasteiger partial charge in [0.15, 0.2) is 8.32 Å². The van der Waals surface area contributed by atoms with E-state index in [1.54, 1.807) is 6.08 Å². The van der Waals surface area contributed by atoms with Gasteiger partial charge in [0.25, 0.3) is 0 Å². The van der Waals surface area contributed by atoms with E-state index in [4.69, 9.17) is 9.16 Å². The molecule has 0 bridgehead atoms.